The summed E-state index contributed by atoms with van der Waals surface area (Å²) < 4.78 is 19.8. The van der Waals surface area contributed by atoms with Gasteiger partial charge in [0.1, 0.15) is 0 Å². The maximum absolute atomic E-state index is 13.7. The maximum Gasteiger partial charge on any atom is 0.165 e. The quantitative estimate of drug-likeness (QED) is 0.574. The fraction of sp³-hybridized carbons (Fsp3) is 0.294. The van der Waals surface area contributed by atoms with Gasteiger partial charge in [0.2, 0.25) is 0 Å². The third-order valence-corrected chi connectivity index (χ3v) is 4.78. The van der Waals surface area contributed by atoms with Crippen molar-refractivity contribution in [2.75, 3.05) is 12.4 Å². The van der Waals surface area contributed by atoms with E-state index in [0.717, 1.165) is 28.2 Å². The molecule has 112 valence electrons. The van der Waals surface area contributed by atoms with Crippen LogP contribution in [0.15, 0.2) is 46.9 Å². The Morgan fingerprint density at radius 1 is 1.10 bits per heavy atom. The van der Waals surface area contributed by atoms with Gasteiger partial charge in [0.15, 0.2) is 11.6 Å². The third kappa shape index (κ3) is 4.82. The maximum atomic E-state index is 13.7. The summed E-state index contributed by atoms with van der Waals surface area (Å²) >= 11 is 7.06. The molecule has 0 aliphatic rings. The zero-order valence-corrected chi connectivity index (χ0v) is 15.0. The molecule has 1 nitrogen and oxygen atoms in total. The molecule has 1 unspecified atom stereocenters. The second-order valence-electron chi connectivity index (χ2n) is 5.03. The van der Waals surface area contributed by atoms with E-state index in [4.69, 9.17) is 4.74 Å². The normalized spacial score (nSPS) is 12.2. The lowest BCUT2D eigenvalue weighted by molar-refractivity contribution is 0.386. The molecular weight excluding hydrogens is 399 g/mol. The van der Waals surface area contributed by atoms with Crippen LogP contribution >= 0.6 is 31.9 Å². The Morgan fingerprint density at radius 2 is 1.81 bits per heavy atom. The monoisotopic (exact) mass is 414 g/mol. The van der Waals surface area contributed by atoms with Crippen LogP contribution in [0.1, 0.15) is 11.1 Å². The van der Waals surface area contributed by atoms with E-state index in [9.17, 15) is 4.39 Å². The molecule has 2 aromatic rings. The van der Waals surface area contributed by atoms with Crippen molar-refractivity contribution in [2.24, 2.45) is 5.92 Å². The average Bonchev–Trinajstić information content (AvgIpc) is 2.47. The second kappa shape index (κ2) is 7.95. The van der Waals surface area contributed by atoms with Gasteiger partial charge in [-0.2, -0.15) is 0 Å². The first-order chi connectivity index (χ1) is 10.1. The van der Waals surface area contributed by atoms with Gasteiger partial charge in [0.25, 0.3) is 0 Å². The van der Waals surface area contributed by atoms with Crippen molar-refractivity contribution < 1.29 is 9.13 Å². The predicted octanol–water partition coefficient (Wildman–Crippen LogP) is 5.39. The lowest BCUT2D eigenvalue weighted by atomic mass is 9.94. The Labute approximate surface area is 141 Å². The summed E-state index contributed by atoms with van der Waals surface area (Å²) in [6.45, 7) is 0. The molecular formula is C17H17Br2FO. The molecule has 0 aliphatic carbocycles. The van der Waals surface area contributed by atoms with E-state index < -0.39 is 0 Å². The van der Waals surface area contributed by atoms with Gasteiger partial charge < -0.3 is 4.74 Å². The van der Waals surface area contributed by atoms with Crippen LogP contribution < -0.4 is 4.74 Å². The molecule has 0 spiro atoms. The van der Waals surface area contributed by atoms with Crippen molar-refractivity contribution in [1.29, 1.82) is 0 Å². The average molecular weight is 416 g/mol. The molecule has 2 rings (SSSR count). The van der Waals surface area contributed by atoms with Gasteiger partial charge in [-0.3, -0.25) is 0 Å². The predicted molar refractivity (Wildman–Crippen MR) is 91.8 cm³/mol. The summed E-state index contributed by atoms with van der Waals surface area (Å²) in [5, 5.41) is 0.882. The van der Waals surface area contributed by atoms with Gasteiger partial charge in [-0.1, -0.05) is 50.1 Å². The van der Waals surface area contributed by atoms with Gasteiger partial charge in [0.05, 0.1) is 7.11 Å². The van der Waals surface area contributed by atoms with Crippen molar-refractivity contribution in [1.82, 2.24) is 0 Å². The van der Waals surface area contributed by atoms with E-state index in [1.807, 2.05) is 18.2 Å². The number of hydrogen-bond donors (Lipinski definition) is 0. The van der Waals surface area contributed by atoms with Crippen LogP contribution in [0.25, 0.3) is 0 Å². The highest BCUT2D eigenvalue weighted by molar-refractivity contribution is 9.10. The lowest BCUT2D eigenvalue weighted by Gasteiger charge is -2.15. The lowest BCUT2D eigenvalue weighted by Crippen LogP contribution is -2.10. The molecule has 0 saturated heterocycles. The van der Waals surface area contributed by atoms with Gasteiger partial charge in [0, 0.05) is 9.80 Å². The molecule has 0 saturated carbocycles. The highest BCUT2D eigenvalue weighted by Crippen LogP contribution is 2.23. The van der Waals surface area contributed by atoms with Crippen LogP contribution in [0.4, 0.5) is 4.39 Å². The standard InChI is InChI=1S/C17H17Br2FO/c1-21-17-6-5-13(10-16(17)20)8-14(11-18)7-12-3-2-4-15(19)9-12/h2-6,9-10,14H,7-8,11H2,1H3. The summed E-state index contributed by atoms with van der Waals surface area (Å²) in [6, 6.07) is 13.5. The second-order valence-corrected chi connectivity index (χ2v) is 6.59. The Morgan fingerprint density at radius 3 is 2.38 bits per heavy atom. The molecule has 0 N–H and O–H groups in total. The zero-order valence-electron chi connectivity index (χ0n) is 11.8. The molecule has 0 aliphatic heterocycles. The van der Waals surface area contributed by atoms with E-state index in [1.54, 1.807) is 12.1 Å². The molecule has 0 bridgehead atoms. The minimum Gasteiger partial charge on any atom is -0.494 e. The van der Waals surface area contributed by atoms with Crippen LogP contribution in [0.2, 0.25) is 0 Å². The number of ether oxygens (including phenoxy) is 1. The highest BCUT2D eigenvalue weighted by atomic mass is 79.9. The topological polar surface area (TPSA) is 9.23 Å². The minimum atomic E-state index is -0.300. The Balaban J connectivity index is 2.07. The molecule has 2 aromatic carbocycles. The fourth-order valence-electron chi connectivity index (χ4n) is 2.35. The number of rotatable bonds is 6. The Bertz CT molecular complexity index is 601. The number of methoxy groups -OCH3 is 1. The summed E-state index contributed by atoms with van der Waals surface area (Å²) in [5.41, 5.74) is 2.27. The number of alkyl halides is 1. The van der Waals surface area contributed by atoms with Crippen molar-refractivity contribution in [3.8, 4) is 5.75 Å². The summed E-state index contributed by atoms with van der Waals surface area (Å²) in [4.78, 5) is 0. The first kappa shape index (κ1) is 16.5. The van der Waals surface area contributed by atoms with Crippen molar-refractivity contribution in [3.63, 3.8) is 0 Å². The third-order valence-electron chi connectivity index (χ3n) is 3.37. The molecule has 0 amide bonds. The van der Waals surface area contributed by atoms with Gasteiger partial charge in [-0.05, 0) is 54.2 Å². The highest BCUT2D eigenvalue weighted by Gasteiger charge is 2.12. The van der Waals surface area contributed by atoms with Crippen LogP contribution in [-0.4, -0.2) is 12.4 Å². The van der Waals surface area contributed by atoms with Crippen molar-refractivity contribution >= 4 is 31.9 Å². The molecule has 0 heterocycles. The van der Waals surface area contributed by atoms with E-state index in [1.165, 1.54) is 12.7 Å². The summed E-state index contributed by atoms with van der Waals surface area (Å²) in [5.74, 6) is 0.416. The zero-order chi connectivity index (χ0) is 15.2. The van der Waals surface area contributed by atoms with Crippen LogP contribution in [0, 0.1) is 11.7 Å². The van der Waals surface area contributed by atoms with Crippen molar-refractivity contribution in [2.45, 2.75) is 12.8 Å². The summed E-state index contributed by atoms with van der Waals surface area (Å²) in [6.07, 6.45) is 1.79. The SMILES string of the molecule is COc1ccc(CC(CBr)Cc2cccc(Br)c2)cc1F. The van der Waals surface area contributed by atoms with Crippen molar-refractivity contribution in [3.05, 3.63) is 63.9 Å². The largest absolute Gasteiger partial charge is 0.494 e. The molecule has 21 heavy (non-hydrogen) atoms. The molecule has 0 radical (unpaired) electrons. The number of benzene rings is 2. The minimum absolute atomic E-state index is 0.293. The van der Waals surface area contributed by atoms with E-state index in [-0.39, 0.29) is 5.82 Å². The molecule has 0 fully saturated rings. The van der Waals surface area contributed by atoms with Gasteiger partial charge >= 0.3 is 0 Å². The summed E-state index contributed by atoms with van der Waals surface area (Å²) in [7, 11) is 1.48. The first-order valence-corrected chi connectivity index (χ1v) is 8.66. The van der Waals surface area contributed by atoms with E-state index in [2.05, 4.69) is 44.0 Å². The van der Waals surface area contributed by atoms with Crippen LogP contribution in [0.5, 0.6) is 5.75 Å². The number of hydrogen-bond acceptors (Lipinski definition) is 1. The fourth-order valence-corrected chi connectivity index (χ4v) is 3.25. The van der Waals surface area contributed by atoms with Gasteiger partial charge in [-0.15, -0.1) is 0 Å². The Kier molecular flexibility index (Phi) is 6.24. The smallest absolute Gasteiger partial charge is 0.165 e. The van der Waals surface area contributed by atoms with Crippen LogP contribution in [-0.2, 0) is 12.8 Å². The Hall–Kier alpha value is -0.870. The van der Waals surface area contributed by atoms with Crippen LogP contribution in [0.3, 0.4) is 0 Å². The van der Waals surface area contributed by atoms with E-state index in [0.29, 0.717) is 11.7 Å². The number of halogens is 3. The van der Waals surface area contributed by atoms with Gasteiger partial charge in [-0.25, -0.2) is 4.39 Å². The molecule has 1 atom stereocenters. The first-order valence-electron chi connectivity index (χ1n) is 6.75. The molecule has 4 heteroatoms. The van der Waals surface area contributed by atoms with E-state index >= 15 is 0 Å². The molecule has 0 aromatic heterocycles.